The van der Waals surface area contributed by atoms with E-state index in [0.717, 1.165) is 17.1 Å². The zero-order valence-electron chi connectivity index (χ0n) is 14.6. The van der Waals surface area contributed by atoms with Gasteiger partial charge in [-0.1, -0.05) is 6.07 Å². The fraction of sp³-hybridized carbons (Fsp3) is 0.588. The van der Waals surface area contributed by atoms with E-state index in [1.54, 1.807) is 17.0 Å². The number of carbonyl (C=O) groups is 1. The maximum absolute atomic E-state index is 12.7. The van der Waals surface area contributed by atoms with Gasteiger partial charge in [-0.05, 0) is 31.0 Å². The number of hydrogen-bond donors (Lipinski definition) is 0. The Bertz CT molecular complexity index is 720. The molecule has 7 nitrogen and oxygen atoms in total. The van der Waals surface area contributed by atoms with Crippen LogP contribution in [0.3, 0.4) is 0 Å². The molecule has 0 atom stereocenters. The lowest BCUT2D eigenvalue weighted by Gasteiger charge is -2.34. The number of hydrogen-bond acceptors (Lipinski definition) is 5. The first kappa shape index (κ1) is 18.3. The summed E-state index contributed by atoms with van der Waals surface area (Å²) in [6, 6.07) is 6.23. The summed E-state index contributed by atoms with van der Waals surface area (Å²) >= 11 is 0. The van der Waals surface area contributed by atoms with Gasteiger partial charge in [0.1, 0.15) is 0 Å². The van der Waals surface area contributed by atoms with Crippen LogP contribution < -0.4 is 0 Å². The quantitative estimate of drug-likeness (QED) is 0.797. The summed E-state index contributed by atoms with van der Waals surface area (Å²) in [6.45, 7) is 2.52. The van der Waals surface area contributed by atoms with E-state index >= 15 is 0 Å². The van der Waals surface area contributed by atoms with Gasteiger partial charge in [-0.2, -0.15) is 0 Å². The average molecular weight is 368 g/mol. The number of nitrogens with zero attached hydrogens (tertiary/aromatic N) is 2. The minimum Gasteiger partial charge on any atom is -0.350 e. The molecule has 0 aliphatic carbocycles. The Labute approximate surface area is 148 Å². The van der Waals surface area contributed by atoms with E-state index in [2.05, 4.69) is 0 Å². The largest absolute Gasteiger partial charge is 0.350 e. The van der Waals surface area contributed by atoms with Gasteiger partial charge in [-0.25, -0.2) is 12.7 Å². The summed E-state index contributed by atoms with van der Waals surface area (Å²) < 4.78 is 36.7. The first-order chi connectivity index (χ1) is 11.9. The third kappa shape index (κ3) is 3.87. The van der Waals surface area contributed by atoms with Crippen molar-refractivity contribution in [1.29, 1.82) is 0 Å². The SMILES string of the molecule is CN(C)S(=O)(=O)c1cccc(C(=O)N2CCC(C3OCCO3)CC2)c1. The van der Waals surface area contributed by atoms with E-state index < -0.39 is 10.0 Å². The molecule has 0 unspecified atom stereocenters. The maximum Gasteiger partial charge on any atom is 0.253 e. The Morgan fingerprint density at radius 2 is 1.80 bits per heavy atom. The minimum absolute atomic E-state index is 0.131. The monoisotopic (exact) mass is 368 g/mol. The van der Waals surface area contributed by atoms with E-state index in [1.165, 1.54) is 26.2 Å². The van der Waals surface area contributed by atoms with Gasteiger partial charge in [0.25, 0.3) is 5.91 Å². The van der Waals surface area contributed by atoms with Crippen molar-refractivity contribution in [3.63, 3.8) is 0 Å². The number of benzene rings is 1. The first-order valence-corrected chi connectivity index (χ1v) is 9.88. The average Bonchev–Trinajstić information content (AvgIpc) is 3.16. The van der Waals surface area contributed by atoms with Crippen LogP contribution >= 0.6 is 0 Å². The van der Waals surface area contributed by atoms with Crippen molar-refractivity contribution in [2.24, 2.45) is 5.92 Å². The van der Waals surface area contributed by atoms with Crippen LogP contribution in [0.15, 0.2) is 29.2 Å². The predicted molar refractivity (Wildman–Crippen MR) is 91.6 cm³/mol. The molecule has 1 aromatic carbocycles. The number of rotatable bonds is 4. The summed E-state index contributed by atoms with van der Waals surface area (Å²) in [6.07, 6.45) is 1.50. The molecule has 25 heavy (non-hydrogen) atoms. The van der Waals surface area contributed by atoms with Gasteiger partial charge in [0.15, 0.2) is 6.29 Å². The van der Waals surface area contributed by atoms with Crippen LogP contribution in [-0.2, 0) is 19.5 Å². The molecule has 1 amide bonds. The molecule has 0 saturated carbocycles. The Kier molecular flexibility index (Phi) is 5.43. The van der Waals surface area contributed by atoms with Gasteiger partial charge in [-0.3, -0.25) is 4.79 Å². The molecular formula is C17H24N2O5S. The summed E-state index contributed by atoms with van der Waals surface area (Å²) in [5.74, 6) is 0.175. The number of carbonyl (C=O) groups excluding carboxylic acids is 1. The number of amides is 1. The van der Waals surface area contributed by atoms with Gasteiger partial charge in [0, 0.05) is 38.7 Å². The van der Waals surface area contributed by atoms with Gasteiger partial charge >= 0.3 is 0 Å². The summed E-state index contributed by atoms with van der Waals surface area (Å²) in [4.78, 5) is 14.6. The Morgan fingerprint density at radius 3 is 2.40 bits per heavy atom. The molecule has 2 aliphatic heterocycles. The van der Waals surface area contributed by atoms with Crippen molar-refractivity contribution in [2.45, 2.75) is 24.0 Å². The second-order valence-corrected chi connectivity index (χ2v) is 8.71. The highest BCUT2D eigenvalue weighted by atomic mass is 32.2. The Balaban J connectivity index is 1.68. The number of likely N-dealkylation sites (tertiary alicyclic amines) is 1. The highest BCUT2D eigenvalue weighted by molar-refractivity contribution is 7.89. The highest BCUT2D eigenvalue weighted by Crippen LogP contribution is 2.27. The van der Waals surface area contributed by atoms with E-state index in [-0.39, 0.29) is 17.1 Å². The molecule has 3 rings (SSSR count). The zero-order valence-corrected chi connectivity index (χ0v) is 15.4. The molecule has 0 N–H and O–H groups in total. The number of piperidine rings is 1. The molecule has 2 saturated heterocycles. The van der Waals surface area contributed by atoms with Crippen LogP contribution in [0.25, 0.3) is 0 Å². The van der Waals surface area contributed by atoms with Gasteiger partial charge in [0.05, 0.1) is 18.1 Å². The minimum atomic E-state index is -3.55. The molecule has 0 aromatic heterocycles. The third-order valence-corrected chi connectivity index (χ3v) is 6.53. The molecule has 2 fully saturated rings. The maximum atomic E-state index is 12.7. The van der Waals surface area contributed by atoms with Crippen LogP contribution in [-0.4, -0.2) is 70.2 Å². The van der Waals surface area contributed by atoms with Crippen LogP contribution in [0.1, 0.15) is 23.2 Å². The number of sulfonamides is 1. The lowest BCUT2D eigenvalue weighted by molar-refractivity contribution is -0.0956. The molecule has 2 aliphatic rings. The molecule has 0 bridgehead atoms. The lowest BCUT2D eigenvalue weighted by Crippen LogP contribution is -2.41. The lowest BCUT2D eigenvalue weighted by atomic mass is 9.95. The van der Waals surface area contributed by atoms with Gasteiger partial charge in [0.2, 0.25) is 10.0 Å². The van der Waals surface area contributed by atoms with E-state index in [1.807, 2.05) is 0 Å². The van der Waals surface area contributed by atoms with Crippen molar-refractivity contribution in [2.75, 3.05) is 40.4 Å². The number of ether oxygens (including phenoxy) is 2. The first-order valence-electron chi connectivity index (χ1n) is 8.44. The second-order valence-electron chi connectivity index (χ2n) is 6.55. The van der Waals surface area contributed by atoms with Crippen LogP contribution in [0.5, 0.6) is 0 Å². The van der Waals surface area contributed by atoms with Crippen LogP contribution in [0.2, 0.25) is 0 Å². The molecule has 2 heterocycles. The smallest absolute Gasteiger partial charge is 0.253 e. The Hall–Kier alpha value is -1.48. The topological polar surface area (TPSA) is 76.2 Å². The van der Waals surface area contributed by atoms with Gasteiger partial charge in [-0.15, -0.1) is 0 Å². The normalized spacial score (nSPS) is 20.4. The van der Waals surface area contributed by atoms with E-state index in [0.29, 0.717) is 37.8 Å². The summed E-state index contributed by atoms with van der Waals surface area (Å²) in [5, 5.41) is 0. The van der Waals surface area contributed by atoms with Crippen molar-refractivity contribution in [3.8, 4) is 0 Å². The summed E-state index contributed by atoms with van der Waals surface area (Å²) in [7, 11) is -0.606. The molecule has 0 radical (unpaired) electrons. The molecular weight excluding hydrogens is 344 g/mol. The van der Waals surface area contributed by atoms with Crippen molar-refractivity contribution >= 4 is 15.9 Å². The standard InChI is InChI=1S/C17H24N2O5S/c1-18(2)25(21,22)15-5-3-4-14(12-15)16(20)19-8-6-13(7-9-19)17-23-10-11-24-17/h3-5,12-13,17H,6-11H2,1-2H3. The van der Waals surface area contributed by atoms with Crippen molar-refractivity contribution in [3.05, 3.63) is 29.8 Å². The van der Waals surface area contributed by atoms with Crippen LogP contribution in [0.4, 0.5) is 0 Å². The van der Waals surface area contributed by atoms with Gasteiger partial charge < -0.3 is 14.4 Å². The van der Waals surface area contributed by atoms with E-state index in [4.69, 9.17) is 9.47 Å². The van der Waals surface area contributed by atoms with Crippen molar-refractivity contribution < 1.29 is 22.7 Å². The van der Waals surface area contributed by atoms with Crippen molar-refractivity contribution in [1.82, 2.24) is 9.21 Å². The second kappa shape index (κ2) is 7.41. The molecule has 0 spiro atoms. The predicted octanol–water partition coefficient (Wildman–Crippen LogP) is 1.16. The molecule has 1 aromatic rings. The van der Waals surface area contributed by atoms with Crippen LogP contribution in [0, 0.1) is 5.92 Å². The summed E-state index contributed by atoms with van der Waals surface area (Å²) in [5.41, 5.74) is 0.398. The highest BCUT2D eigenvalue weighted by Gasteiger charge is 2.32. The fourth-order valence-corrected chi connectivity index (χ4v) is 4.15. The molecule has 138 valence electrons. The zero-order chi connectivity index (χ0) is 18.0. The molecule has 8 heteroatoms. The fourth-order valence-electron chi connectivity index (χ4n) is 3.21. The Morgan fingerprint density at radius 1 is 1.16 bits per heavy atom. The third-order valence-electron chi connectivity index (χ3n) is 4.72. The van der Waals surface area contributed by atoms with E-state index in [9.17, 15) is 13.2 Å².